The number of likely N-dealkylation sites (tertiary alicyclic amines) is 1. The van der Waals surface area contributed by atoms with Crippen molar-refractivity contribution in [1.29, 1.82) is 0 Å². The first kappa shape index (κ1) is 13.2. The second-order valence-corrected chi connectivity index (χ2v) is 5.82. The van der Waals surface area contributed by atoms with Crippen molar-refractivity contribution in [3.63, 3.8) is 0 Å². The highest BCUT2D eigenvalue weighted by atomic mass is 16.2. The highest BCUT2D eigenvalue weighted by Crippen LogP contribution is 2.41. The highest BCUT2D eigenvalue weighted by molar-refractivity contribution is 5.93. The van der Waals surface area contributed by atoms with E-state index in [9.17, 15) is 4.79 Å². The van der Waals surface area contributed by atoms with E-state index < -0.39 is 0 Å². The van der Waals surface area contributed by atoms with Crippen molar-refractivity contribution in [3.8, 4) is 11.8 Å². The van der Waals surface area contributed by atoms with Gasteiger partial charge in [0.15, 0.2) is 0 Å². The quantitative estimate of drug-likeness (QED) is 0.774. The summed E-state index contributed by atoms with van der Waals surface area (Å²) in [6, 6.07) is 0.365. The summed E-state index contributed by atoms with van der Waals surface area (Å²) < 4.78 is 2.37. The van der Waals surface area contributed by atoms with Crippen LogP contribution in [0, 0.1) is 18.8 Å². The van der Waals surface area contributed by atoms with E-state index in [0.29, 0.717) is 12.0 Å². The molecule has 0 N–H and O–H groups in total. The summed E-state index contributed by atoms with van der Waals surface area (Å²) in [6.07, 6.45) is 6.66. The van der Waals surface area contributed by atoms with Crippen LogP contribution in [0.3, 0.4) is 0 Å². The van der Waals surface area contributed by atoms with Crippen LogP contribution in [0.5, 0.6) is 0 Å². The SMILES string of the molecule is CC#CC(=O)N1CCCC(n2c(C)cnc2C2CC2)C1. The number of piperidine rings is 1. The maximum absolute atomic E-state index is 12.0. The van der Waals surface area contributed by atoms with E-state index in [-0.39, 0.29) is 5.91 Å². The van der Waals surface area contributed by atoms with Crippen molar-refractivity contribution in [3.05, 3.63) is 17.7 Å². The van der Waals surface area contributed by atoms with Gasteiger partial charge in [-0.3, -0.25) is 4.79 Å². The fraction of sp³-hybridized carbons (Fsp3) is 0.625. The standard InChI is InChI=1S/C16H21N3O/c1-3-5-15(20)18-9-4-6-14(11-18)19-12(2)10-17-16(19)13-7-8-13/h10,13-14H,4,6-9,11H2,1-2H3. The normalized spacial score (nSPS) is 22.3. The van der Waals surface area contributed by atoms with Gasteiger partial charge in [0.1, 0.15) is 5.82 Å². The summed E-state index contributed by atoms with van der Waals surface area (Å²) in [4.78, 5) is 18.4. The molecule has 1 aliphatic heterocycles. The van der Waals surface area contributed by atoms with Crippen LogP contribution in [0.1, 0.15) is 56.1 Å². The van der Waals surface area contributed by atoms with Crippen LogP contribution in [-0.4, -0.2) is 33.4 Å². The number of rotatable bonds is 2. The summed E-state index contributed by atoms with van der Waals surface area (Å²) in [5.74, 6) is 7.19. The monoisotopic (exact) mass is 271 g/mol. The van der Waals surface area contributed by atoms with Crippen molar-refractivity contribution < 1.29 is 4.79 Å². The van der Waals surface area contributed by atoms with E-state index in [0.717, 1.165) is 25.9 Å². The molecule has 1 unspecified atom stereocenters. The molecule has 1 aromatic rings. The lowest BCUT2D eigenvalue weighted by atomic mass is 10.0. The van der Waals surface area contributed by atoms with Crippen LogP contribution in [0.25, 0.3) is 0 Å². The number of hydrogen-bond acceptors (Lipinski definition) is 2. The Hall–Kier alpha value is -1.76. The molecule has 0 aromatic carbocycles. The van der Waals surface area contributed by atoms with Gasteiger partial charge in [0.05, 0.1) is 6.04 Å². The molecule has 1 atom stereocenters. The molecule has 0 radical (unpaired) electrons. The Morgan fingerprint density at radius 2 is 2.20 bits per heavy atom. The summed E-state index contributed by atoms with van der Waals surface area (Å²) in [7, 11) is 0. The Labute approximate surface area is 120 Å². The molecule has 20 heavy (non-hydrogen) atoms. The zero-order chi connectivity index (χ0) is 14.1. The van der Waals surface area contributed by atoms with E-state index in [4.69, 9.17) is 0 Å². The van der Waals surface area contributed by atoms with Crippen LogP contribution >= 0.6 is 0 Å². The molecule has 4 heteroatoms. The number of carbonyl (C=O) groups is 1. The van der Waals surface area contributed by atoms with E-state index >= 15 is 0 Å². The number of imidazole rings is 1. The Balaban J connectivity index is 1.81. The van der Waals surface area contributed by atoms with Crippen molar-refractivity contribution in [2.75, 3.05) is 13.1 Å². The molecule has 1 aromatic heterocycles. The van der Waals surface area contributed by atoms with Gasteiger partial charge in [-0.15, -0.1) is 0 Å². The fourth-order valence-electron chi connectivity index (χ4n) is 3.12. The molecule has 1 aliphatic carbocycles. The molecule has 2 heterocycles. The predicted octanol–water partition coefficient (Wildman–Crippen LogP) is 2.26. The van der Waals surface area contributed by atoms with Crippen LogP contribution in [-0.2, 0) is 4.79 Å². The van der Waals surface area contributed by atoms with Gasteiger partial charge in [-0.25, -0.2) is 4.98 Å². The van der Waals surface area contributed by atoms with Crippen molar-refractivity contribution in [2.24, 2.45) is 0 Å². The van der Waals surface area contributed by atoms with Crippen LogP contribution in [0.15, 0.2) is 6.20 Å². The number of nitrogens with zero attached hydrogens (tertiary/aromatic N) is 3. The minimum atomic E-state index is -0.0389. The molecule has 0 bridgehead atoms. The molecule has 1 amide bonds. The van der Waals surface area contributed by atoms with Gasteiger partial charge >= 0.3 is 0 Å². The predicted molar refractivity (Wildman–Crippen MR) is 77.2 cm³/mol. The minimum absolute atomic E-state index is 0.0389. The summed E-state index contributed by atoms with van der Waals surface area (Å²) in [5.41, 5.74) is 1.22. The third-order valence-corrected chi connectivity index (χ3v) is 4.23. The average molecular weight is 271 g/mol. The fourth-order valence-corrected chi connectivity index (χ4v) is 3.12. The smallest absolute Gasteiger partial charge is 0.298 e. The Morgan fingerprint density at radius 3 is 2.90 bits per heavy atom. The van der Waals surface area contributed by atoms with Crippen LogP contribution in [0.4, 0.5) is 0 Å². The molecule has 1 saturated heterocycles. The first-order valence-corrected chi connectivity index (χ1v) is 7.46. The minimum Gasteiger partial charge on any atom is -0.330 e. The largest absolute Gasteiger partial charge is 0.330 e. The number of aryl methyl sites for hydroxylation is 1. The first-order valence-electron chi connectivity index (χ1n) is 7.46. The zero-order valence-corrected chi connectivity index (χ0v) is 12.2. The van der Waals surface area contributed by atoms with Gasteiger partial charge in [0, 0.05) is 30.9 Å². The van der Waals surface area contributed by atoms with Gasteiger partial charge in [0.25, 0.3) is 5.91 Å². The molecule has 2 fully saturated rings. The topological polar surface area (TPSA) is 38.1 Å². The molecule has 2 aliphatic rings. The first-order chi connectivity index (χ1) is 9.70. The van der Waals surface area contributed by atoms with E-state index in [1.165, 1.54) is 24.4 Å². The van der Waals surface area contributed by atoms with Crippen LogP contribution < -0.4 is 0 Å². The van der Waals surface area contributed by atoms with E-state index in [1.807, 2.05) is 11.1 Å². The van der Waals surface area contributed by atoms with Gasteiger partial charge in [-0.1, -0.05) is 5.92 Å². The van der Waals surface area contributed by atoms with Gasteiger partial charge < -0.3 is 9.47 Å². The summed E-state index contributed by atoms with van der Waals surface area (Å²) in [6.45, 7) is 5.43. The van der Waals surface area contributed by atoms with Gasteiger partial charge in [-0.05, 0) is 45.5 Å². The number of amides is 1. The molecule has 4 nitrogen and oxygen atoms in total. The molecular weight excluding hydrogens is 250 g/mol. The third-order valence-electron chi connectivity index (χ3n) is 4.23. The third kappa shape index (κ3) is 2.45. The maximum atomic E-state index is 12.0. The number of carbonyl (C=O) groups excluding carboxylic acids is 1. The zero-order valence-electron chi connectivity index (χ0n) is 12.2. The number of hydrogen-bond donors (Lipinski definition) is 0. The Morgan fingerprint density at radius 1 is 1.40 bits per heavy atom. The summed E-state index contributed by atoms with van der Waals surface area (Å²) >= 11 is 0. The molecule has 0 spiro atoms. The molecular formula is C16H21N3O. The lowest BCUT2D eigenvalue weighted by Gasteiger charge is -2.33. The van der Waals surface area contributed by atoms with Crippen molar-refractivity contribution >= 4 is 5.91 Å². The van der Waals surface area contributed by atoms with Crippen LogP contribution in [0.2, 0.25) is 0 Å². The average Bonchev–Trinajstić information content (AvgIpc) is 3.22. The van der Waals surface area contributed by atoms with Crippen molar-refractivity contribution in [1.82, 2.24) is 14.5 Å². The lowest BCUT2D eigenvalue weighted by molar-refractivity contribution is -0.126. The second kappa shape index (κ2) is 5.32. The second-order valence-electron chi connectivity index (χ2n) is 5.82. The molecule has 106 valence electrons. The maximum Gasteiger partial charge on any atom is 0.298 e. The van der Waals surface area contributed by atoms with Gasteiger partial charge in [0.2, 0.25) is 0 Å². The molecule has 3 rings (SSSR count). The van der Waals surface area contributed by atoms with Crippen molar-refractivity contribution in [2.45, 2.75) is 51.5 Å². The summed E-state index contributed by atoms with van der Waals surface area (Å²) in [5, 5.41) is 0. The van der Waals surface area contributed by atoms with E-state index in [1.54, 1.807) is 6.92 Å². The van der Waals surface area contributed by atoms with E-state index in [2.05, 4.69) is 28.3 Å². The Kier molecular flexibility index (Phi) is 3.52. The Bertz CT molecular complexity index is 574. The molecule has 1 saturated carbocycles. The lowest BCUT2D eigenvalue weighted by Crippen LogP contribution is -2.40. The number of aromatic nitrogens is 2. The van der Waals surface area contributed by atoms with Gasteiger partial charge in [-0.2, -0.15) is 0 Å². The highest BCUT2D eigenvalue weighted by Gasteiger charge is 2.33.